The smallest absolute Gasteiger partial charge is 0.369 e. The Labute approximate surface area is 220 Å². The molecule has 1 atom stereocenters. The van der Waals surface area contributed by atoms with E-state index in [0.717, 1.165) is 18.2 Å². The lowest BCUT2D eigenvalue weighted by Gasteiger charge is -2.29. The molecule has 11 heteroatoms. The van der Waals surface area contributed by atoms with E-state index < -0.39 is 28.9 Å². The SMILES string of the molecule is CC(n1c(N)nc2ccc(-c3[nH]c(-c4c(F)cccc4C(F)(F)F)nc3-c3ccc(F)cc3)nc21)C(C)(C)C. The van der Waals surface area contributed by atoms with Gasteiger partial charge >= 0.3 is 6.18 Å². The number of H-pyrrole nitrogens is 1. The Hall–Kier alpha value is -4.28. The molecule has 0 bridgehead atoms. The third-order valence-corrected chi connectivity index (χ3v) is 6.84. The van der Waals surface area contributed by atoms with E-state index in [1.165, 1.54) is 24.3 Å². The highest BCUT2D eigenvalue weighted by Gasteiger charge is 2.36. The van der Waals surface area contributed by atoms with Crippen LogP contribution in [-0.2, 0) is 6.18 Å². The average Bonchev–Trinajstić information content (AvgIpc) is 3.43. The summed E-state index contributed by atoms with van der Waals surface area (Å²) in [5.41, 5.74) is 6.25. The van der Waals surface area contributed by atoms with Crippen LogP contribution in [0.1, 0.15) is 39.3 Å². The summed E-state index contributed by atoms with van der Waals surface area (Å²) in [5, 5.41) is 0. The van der Waals surface area contributed by atoms with Crippen LogP contribution in [0.4, 0.5) is 27.9 Å². The van der Waals surface area contributed by atoms with E-state index in [1.54, 1.807) is 16.7 Å². The molecule has 1 unspecified atom stereocenters. The van der Waals surface area contributed by atoms with Crippen molar-refractivity contribution in [3.8, 4) is 34.0 Å². The summed E-state index contributed by atoms with van der Waals surface area (Å²) in [6, 6.07) is 11.2. The zero-order chi connectivity index (χ0) is 28.3. The number of anilines is 1. The van der Waals surface area contributed by atoms with Gasteiger partial charge in [0.1, 0.15) is 23.0 Å². The third kappa shape index (κ3) is 4.73. The van der Waals surface area contributed by atoms with Gasteiger partial charge in [-0.25, -0.2) is 23.7 Å². The van der Waals surface area contributed by atoms with Crippen molar-refractivity contribution in [2.75, 3.05) is 5.73 Å². The topological polar surface area (TPSA) is 85.4 Å². The minimum absolute atomic E-state index is 0.105. The standard InChI is InChI=1S/C28H25F5N6/c1-14(27(2,3)4)39-25-20(36-26(39)34)13-12-19(35-25)23-22(15-8-10-16(29)11-9-15)37-24(38-23)21-17(28(31,32)33)6-5-7-18(21)30/h5-14H,1-4H3,(H2,34,36)(H,37,38). The maximum atomic E-state index is 14.9. The van der Waals surface area contributed by atoms with Gasteiger partial charge in [0.05, 0.1) is 28.2 Å². The summed E-state index contributed by atoms with van der Waals surface area (Å²) in [6.07, 6.45) is -4.83. The van der Waals surface area contributed by atoms with Gasteiger partial charge in [-0.3, -0.25) is 4.57 Å². The van der Waals surface area contributed by atoms with Gasteiger partial charge in [0.25, 0.3) is 0 Å². The van der Waals surface area contributed by atoms with Crippen LogP contribution in [0.5, 0.6) is 0 Å². The first kappa shape index (κ1) is 26.3. The Morgan fingerprint density at radius 3 is 2.23 bits per heavy atom. The summed E-state index contributed by atoms with van der Waals surface area (Å²) in [5.74, 6) is -1.67. The maximum Gasteiger partial charge on any atom is 0.417 e. The van der Waals surface area contributed by atoms with Gasteiger partial charge in [-0.2, -0.15) is 13.2 Å². The van der Waals surface area contributed by atoms with Crippen LogP contribution >= 0.6 is 0 Å². The highest BCUT2D eigenvalue weighted by Crippen LogP contribution is 2.41. The van der Waals surface area contributed by atoms with Crippen LogP contribution in [0.3, 0.4) is 0 Å². The predicted octanol–water partition coefficient (Wildman–Crippen LogP) is 7.64. The zero-order valence-corrected chi connectivity index (χ0v) is 21.5. The van der Waals surface area contributed by atoms with Gasteiger partial charge in [0, 0.05) is 11.6 Å². The van der Waals surface area contributed by atoms with Gasteiger partial charge < -0.3 is 10.7 Å². The number of hydrogen-bond acceptors (Lipinski definition) is 4. The minimum Gasteiger partial charge on any atom is -0.369 e. The number of nitrogens with two attached hydrogens (primary N) is 1. The molecule has 0 spiro atoms. The van der Waals surface area contributed by atoms with Crippen molar-refractivity contribution < 1.29 is 22.0 Å². The molecular weight excluding hydrogens is 515 g/mol. The molecule has 3 heterocycles. The molecule has 5 aromatic rings. The second-order valence-corrected chi connectivity index (χ2v) is 10.4. The fourth-order valence-corrected chi connectivity index (χ4v) is 4.39. The number of aromatic amines is 1. The Kier molecular flexibility index (Phi) is 6.20. The number of rotatable bonds is 4. The van der Waals surface area contributed by atoms with Crippen LogP contribution in [-0.4, -0.2) is 24.5 Å². The summed E-state index contributed by atoms with van der Waals surface area (Å²) < 4.78 is 71.8. The summed E-state index contributed by atoms with van der Waals surface area (Å²) in [7, 11) is 0. The third-order valence-electron chi connectivity index (χ3n) is 6.84. The van der Waals surface area contributed by atoms with E-state index in [2.05, 4.69) is 15.0 Å². The predicted molar refractivity (Wildman–Crippen MR) is 139 cm³/mol. The molecule has 0 saturated carbocycles. The number of alkyl halides is 3. The molecular formula is C28H25F5N6. The fourth-order valence-electron chi connectivity index (χ4n) is 4.39. The quantitative estimate of drug-likeness (QED) is 0.229. The highest BCUT2D eigenvalue weighted by molar-refractivity contribution is 5.84. The number of pyridine rings is 1. The first-order valence-electron chi connectivity index (χ1n) is 12.1. The van der Waals surface area contributed by atoms with Gasteiger partial charge in [-0.15, -0.1) is 0 Å². The maximum absolute atomic E-state index is 14.9. The number of nitrogens with zero attached hydrogens (tertiary/aromatic N) is 4. The number of halogens is 5. The Morgan fingerprint density at radius 2 is 1.59 bits per heavy atom. The Morgan fingerprint density at radius 1 is 0.897 bits per heavy atom. The molecule has 0 aliphatic carbocycles. The van der Waals surface area contributed by atoms with Crippen molar-refractivity contribution in [2.24, 2.45) is 5.41 Å². The molecule has 0 aliphatic rings. The van der Waals surface area contributed by atoms with Crippen molar-refractivity contribution in [2.45, 2.75) is 39.9 Å². The lowest BCUT2D eigenvalue weighted by Crippen LogP contribution is -2.23. The number of nitrogens with one attached hydrogen (secondary N) is 1. The van der Waals surface area contributed by atoms with E-state index in [0.29, 0.717) is 22.4 Å². The Bertz CT molecular complexity index is 1680. The largest absolute Gasteiger partial charge is 0.417 e. The van der Waals surface area contributed by atoms with Crippen molar-refractivity contribution in [1.29, 1.82) is 0 Å². The second-order valence-electron chi connectivity index (χ2n) is 10.4. The number of benzene rings is 2. The molecule has 0 saturated heterocycles. The molecule has 5 rings (SSSR count). The van der Waals surface area contributed by atoms with Gasteiger partial charge in [-0.05, 0) is 60.9 Å². The molecule has 3 aromatic heterocycles. The van der Waals surface area contributed by atoms with Crippen molar-refractivity contribution >= 4 is 17.1 Å². The first-order valence-corrected chi connectivity index (χ1v) is 12.1. The highest BCUT2D eigenvalue weighted by atomic mass is 19.4. The normalized spacial score (nSPS) is 13.3. The molecule has 3 N–H and O–H groups in total. The molecule has 2 aromatic carbocycles. The Balaban J connectivity index is 1.77. The first-order chi connectivity index (χ1) is 18.3. The number of nitrogen functional groups attached to an aromatic ring is 1. The molecule has 6 nitrogen and oxygen atoms in total. The van der Waals surface area contributed by atoms with Crippen molar-refractivity contribution in [3.05, 3.63) is 71.8 Å². The van der Waals surface area contributed by atoms with Crippen molar-refractivity contribution in [1.82, 2.24) is 24.5 Å². The molecule has 39 heavy (non-hydrogen) atoms. The van der Waals surface area contributed by atoms with E-state index in [-0.39, 0.29) is 34.6 Å². The number of aromatic nitrogens is 5. The lowest BCUT2D eigenvalue weighted by molar-refractivity contribution is -0.137. The fraction of sp³-hybridized carbons (Fsp3) is 0.250. The van der Waals surface area contributed by atoms with Gasteiger partial charge in [-0.1, -0.05) is 26.8 Å². The summed E-state index contributed by atoms with van der Waals surface area (Å²) >= 11 is 0. The molecule has 0 radical (unpaired) electrons. The van der Waals surface area contributed by atoms with E-state index in [1.807, 2.05) is 27.7 Å². The second kappa shape index (κ2) is 9.18. The van der Waals surface area contributed by atoms with Crippen LogP contribution in [0, 0.1) is 17.0 Å². The average molecular weight is 541 g/mol. The zero-order valence-electron chi connectivity index (χ0n) is 21.5. The lowest BCUT2D eigenvalue weighted by atomic mass is 9.88. The molecule has 0 aliphatic heterocycles. The number of fused-ring (bicyclic) bond motifs is 1. The summed E-state index contributed by atoms with van der Waals surface area (Å²) in [6.45, 7) is 8.13. The number of hydrogen-bond donors (Lipinski definition) is 2. The van der Waals surface area contributed by atoms with Gasteiger partial charge in [0.2, 0.25) is 5.95 Å². The van der Waals surface area contributed by atoms with Crippen LogP contribution < -0.4 is 5.73 Å². The van der Waals surface area contributed by atoms with E-state index in [9.17, 15) is 22.0 Å². The van der Waals surface area contributed by atoms with Gasteiger partial charge in [0.15, 0.2) is 5.65 Å². The molecule has 202 valence electrons. The summed E-state index contributed by atoms with van der Waals surface area (Å²) in [4.78, 5) is 16.4. The van der Waals surface area contributed by atoms with E-state index >= 15 is 0 Å². The van der Waals surface area contributed by atoms with Crippen LogP contribution in [0.15, 0.2) is 54.6 Å². The monoisotopic (exact) mass is 540 g/mol. The van der Waals surface area contributed by atoms with Crippen molar-refractivity contribution in [3.63, 3.8) is 0 Å². The minimum atomic E-state index is -4.83. The van der Waals surface area contributed by atoms with Crippen LogP contribution in [0.25, 0.3) is 45.2 Å². The van der Waals surface area contributed by atoms with Crippen LogP contribution in [0.2, 0.25) is 0 Å². The van der Waals surface area contributed by atoms with E-state index in [4.69, 9.17) is 10.7 Å². The number of imidazole rings is 2. The molecule has 0 amide bonds. The molecule has 0 fully saturated rings.